The largest absolute Gasteiger partial charge is 0.305 e. The van der Waals surface area contributed by atoms with E-state index in [0.29, 0.717) is 10.0 Å². The number of benzene rings is 1. The summed E-state index contributed by atoms with van der Waals surface area (Å²) in [6.07, 6.45) is 2.69. The first-order chi connectivity index (χ1) is 10.0. The Labute approximate surface area is 136 Å². The van der Waals surface area contributed by atoms with Crippen molar-refractivity contribution in [3.05, 3.63) is 62.9 Å². The van der Waals surface area contributed by atoms with Gasteiger partial charge in [0, 0.05) is 6.20 Å². The molecule has 0 fully saturated rings. The van der Waals surface area contributed by atoms with Crippen molar-refractivity contribution in [3.8, 4) is 0 Å². The minimum atomic E-state index is -0.0194. The molecule has 2 aromatic rings. The Morgan fingerprint density at radius 3 is 2.52 bits per heavy atom. The van der Waals surface area contributed by atoms with Crippen molar-refractivity contribution in [2.75, 3.05) is 6.54 Å². The Bertz CT molecular complexity index is 626. The molecule has 1 heterocycles. The number of pyridine rings is 1. The topological polar surface area (TPSA) is 24.9 Å². The molecule has 0 aliphatic carbocycles. The molecule has 1 aromatic heterocycles. The van der Waals surface area contributed by atoms with Crippen LogP contribution in [0.25, 0.3) is 0 Å². The number of nitrogens with zero attached hydrogens (tertiary/aromatic N) is 1. The highest BCUT2D eigenvalue weighted by atomic mass is 35.5. The average Bonchev–Trinajstić information content (AvgIpc) is 2.44. The first-order valence-corrected chi connectivity index (χ1v) is 7.90. The van der Waals surface area contributed by atoms with E-state index in [2.05, 4.69) is 49.3 Å². The van der Waals surface area contributed by atoms with Crippen LogP contribution in [0.5, 0.6) is 0 Å². The van der Waals surface area contributed by atoms with Crippen LogP contribution in [0.15, 0.2) is 30.5 Å². The van der Waals surface area contributed by atoms with E-state index in [1.54, 1.807) is 12.3 Å². The third-order valence-electron chi connectivity index (χ3n) is 3.57. The molecule has 21 heavy (non-hydrogen) atoms. The second-order valence-corrected chi connectivity index (χ2v) is 6.10. The molecule has 0 radical (unpaired) electrons. The lowest BCUT2D eigenvalue weighted by Crippen LogP contribution is -2.24. The van der Waals surface area contributed by atoms with E-state index < -0.39 is 0 Å². The second kappa shape index (κ2) is 7.26. The zero-order valence-corrected chi connectivity index (χ0v) is 14.1. The van der Waals surface area contributed by atoms with Gasteiger partial charge in [-0.05, 0) is 49.6 Å². The lowest BCUT2D eigenvalue weighted by molar-refractivity contribution is 0.586. The maximum atomic E-state index is 6.34. The molecule has 2 rings (SSSR count). The molecule has 2 nitrogen and oxygen atoms in total. The van der Waals surface area contributed by atoms with Crippen LogP contribution in [0.4, 0.5) is 0 Å². The maximum Gasteiger partial charge on any atom is 0.0805 e. The lowest BCUT2D eigenvalue weighted by Gasteiger charge is -2.20. The summed E-state index contributed by atoms with van der Waals surface area (Å²) in [4.78, 5) is 4.43. The smallest absolute Gasteiger partial charge is 0.0805 e. The number of rotatable bonds is 5. The molecule has 0 saturated carbocycles. The molecule has 1 atom stereocenters. The molecule has 4 heteroatoms. The van der Waals surface area contributed by atoms with Gasteiger partial charge in [-0.1, -0.05) is 48.3 Å². The third kappa shape index (κ3) is 3.97. The van der Waals surface area contributed by atoms with E-state index in [9.17, 15) is 0 Å². The van der Waals surface area contributed by atoms with Gasteiger partial charge >= 0.3 is 0 Å². The van der Waals surface area contributed by atoms with Crippen LogP contribution in [0.1, 0.15) is 41.8 Å². The van der Waals surface area contributed by atoms with Gasteiger partial charge in [-0.2, -0.15) is 0 Å². The summed E-state index contributed by atoms with van der Waals surface area (Å²) in [6.45, 7) is 7.27. The van der Waals surface area contributed by atoms with E-state index >= 15 is 0 Å². The fraction of sp³-hybridized carbons (Fsp3) is 0.353. The zero-order valence-electron chi connectivity index (χ0n) is 12.6. The van der Waals surface area contributed by atoms with Crippen molar-refractivity contribution in [2.45, 2.75) is 33.2 Å². The Morgan fingerprint density at radius 2 is 1.90 bits per heavy atom. The quantitative estimate of drug-likeness (QED) is 0.828. The molecule has 0 aliphatic rings. The number of hydrogen-bond acceptors (Lipinski definition) is 2. The number of aromatic nitrogens is 1. The standard InChI is InChI=1S/C17H20Cl2N2/c1-4-7-20-16(13-6-5-11(2)12(3)8-13)17-15(19)9-14(18)10-21-17/h5-6,8-10,16,20H,4,7H2,1-3H3. The van der Waals surface area contributed by atoms with Crippen molar-refractivity contribution in [3.63, 3.8) is 0 Å². The van der Waals surface area contributed by atoms with Crippen LogP contribution in [0.2, 0.25) is 10.0 Å². The zero-order chi connectivity index (χ0) is 15.4. The molecule has 0 saturated heterocycles. The summed E-state index contributed by atoms with van der Waals surface area (Å²) in [6, 6.07) is 8.17. The normalized spacial score (nSPS) is 12.4. The van der Waals surface area contributed by atoms with Crippen LogP contribution >= 0.6 is 23.2 Å². The Morgan fingerprint density at radius 1 is 1.14 bits per heavy atom. The SMILES string of the molecule is CCCNC(c1ccc(C)c(C)c1)c1ncc(Cl)cc1Cl. The van der Waals surface area contributed by atoms with Gasteiger partial charge in [0.1, 0.15) is 0 Å². The van der Waals surface area contributed by atoms with Gasteiger partial charge in [0.05, 0.1) is 21.8 Å². The van der Waals surface area contributed by atoms with E-state index in [0.717, 1.165) is 18.7 Å². The van der Waals surface area contributed by atoms with Gasteiger partial charge in [0.25, 0.3) is 0 Å². The van der Waals surface area contributed by atoms with Crippen molar-refractivity contribution < 1.29 is 0 Å². The first-order valence-electron chi connectivity index (χ1n) is 7.14. The minimum Gasteiger partial charge on any atom is -0.305 e. The van der Waals surface area contributed by atoms with E-state index in [4.69, 9.17) is 23.2 Å². The second-order valence-electron chi connectivity index (χ2n) is 5.25. The highest BCUT2D eigenvalue weighted by Crippen LogP contribution is 2.29. The van der Waals surface area contributed by atoms with Crippen LogP contribution in [-0.4, -0.2) is 11.5 Å². The summed E-state index contributed by atoms with van der Waals surface area (Å²) in [7, 11) is 0. The van der Waals surface area contributed by atoms with Crippen LogP contribution in [0.3, 0.4) is 0 Å². The third-order valence-corrected chi connectivity index (χ3v) is 4.08. The Hall–Kier alpha value is -1.09. The van der Waals surface area contributed by atoms with E-state index in [-0.39, 0.29) is 6.04 Å². The molecule has 0 aliphatic heterocycles. The monoisotopic (exact) mass is 322 g/mol. The highest BCUT2D eigenvalue weighted by molar-refractivity contribution is 6.34. The minimum absolute atomic E-state index is 0.0194. The summed E-state index contributed by atoms with van der Waals surface area (Å²) in [5.74, 6) is 0. The molecule has 0 amide bonds. The fourth-order valence-corrected chi connectivity index (χ4v) is 2.73. The molecule has 1 N–H and O–H groups in total. The number of halogens is 2. The number of aryl methyl sites for hydroxylation is 2. The van der Waals surface area contributed by atoms with Gasteiger partial charge in [-0.15, -0.1) is 0 Å². The first kappa shape index (κ1) is 16.3. The summed E-state index contributed by atoms with van der Waals surface area (Å²) in [5.41, 5.74) is 4.53. The predicted molar refractivity (Wildman–Crippen MR) is 90.3 cm³/mol. The van der Waals surface area contributed by atoms with E-state index in [1.165, 1.54) is 16.7 Å². The molecule has 112 valence electrons. The number of nitrogens with one attached hydrogen (secondary N) is 1. The van der Waals surface area contributed by atoms with Gasteiger partial charge in [-0.25, -0.2) is 0 Å². The van der Waals surface area contributed by atoms with Gasteiger partial charge in [0.2, 0.25) is 0 Å². The fourth-order valence-electron chi connectivity index (χ4n) is 2.24. The van der Waals surface area contributed by atoms with E-state index in [1.807, 2.05) is 0 Å². The maximum absolute atomic E-state index is 6.34. The van der Waals surface area contributed by atoms with Gasteiger partial charge in [-0.3, -0.25) is 4.98 Å². The predicted octanol–water partition coefficient (Wildman–Crippen LogP) is 5.09. The summed E-state index contributed by atoms with van der Waals surface area (Å²) >= 11 is 12.3. The van der Waals surface area contributed by atoms with Crippen LogP contribution in [0, 0.1) is 13.8 Å². The molecule has 1 aromatic carbocycles. The highest BCUT2D eigenvalue weighted by Gasteiger charge is 2.18. The lowest BCUT2D eigenvalue weighted by atomic mass is 9.98. The molecule has 0 bridgehead atoms. The summed E-state index contributed by atoms with van der Waals surface area (Å²) < 4.78 is 0. The van der Waals surface area contributed by atoms with Gasteiger partial charge < -0.3 is 5.32 Å². The molecular formula is C17H20Cl2N2. The average molecular weight is 323 g/mol. The van der Waals surface area contributed by atoms with Crippen molar-refractivity contribution in [1.82, 2.24) is 10.3 Å². The molecular weight excluding hydrogens is 303 g/mol. The van der Waals surface area contributed by atoms with Crippen LogP contribution in [-0.2, 0) is 0 Å². The number of hydrogen-bond donors (Lipinski definition) is 1. The Kier molecular flexibility index (Phi) is 5.63. The Balaban J connectivity index is 2.44. The molecule has 0 spiro atoms. The summed E-state index contributed by atoms with van der Waals surface area (Å²) in [5, 5.41) is 4.66. The van der Waals surface area contributed by atoms with Crippen molar-refractivity contribution >= 4 is 23.2 Å². The van der Waals surface area contributed by atoms with Crippen molar-refractivity contribution in [1.29, 1.82) is 0 Å². The van der Waals surface area contributed by atoms with Gasteiger partial charge in [0.15, 0.2) is 0 Å². The van der Waals surface area contributed by atoms with Crippen LogP contribution < -0.4 is 5.32 Å². The van der Waals surface area contributed by atoms with Crippen molar-refractivity contribution in [2.24, 2.45) is 0 Å². The molecule has 1 unspecified atom stereocenters.